The second-order valence-electron chi connectivity index (χ2n) is 9.37. The van der Waals surface area contributed by atoms with Crippen molar-refractivity contribution in [1.29, 1.82) is 0 Å². The minimum absolute atomic E-state index is 1.26. The minimum Gasteiger partial charge on any atom is -0.0622 e. The molecule has 0 bridgehead atoms. The van der Waals surface area contributed by atoms with Crippen molar-refractivity contribution >= 4 is 21.5 Å². The van der Waals surface area contributed by atoms with Gasteiger partial charge < -0.3 is 0 Å². The Balaban J connectivity index is 0.000000184. The molecule has 0 amide bonds. The fraction of sp³-hybridized carbons (Fsp3) is 0. The van der Waals surface area contributed by atoms with Crippen LogP contribution < -0.4 is 0 Å². The van der Waals surface area contributed by atoms with E-state index >= 15 is 0 Å². The Bertz CT molecular complexity index is 1630. The molecule has 38 heavy (non-hydrogen) atoms. The highest BCUT2D eigenvalue weighted by atomic mass is 14.1. The van der Waals surface area contributed by atoms with Crippen LogP contribution in [-0.4, -0.2) is 0 Å². The van der Waals surface area contributed by atoms with Crippen molar-refractivity contribution < 1.29 is 0 Å². The van der Waals surface area contributed by atoms with E-state index in [1.165, 1.54) is 54.9 Å². The highest BCUT2D eigenvalue weighted by molar-refractivity contribution is 6.08. The fourth-order valence-electron chi connectivity index (χ4n) is 5.05. The molecule has 7 aromatic carbocycles. The molecule has 0 aliphatic rings. The van der Waals surface area contributed by atoms with Crippen LogP contribution in [0.25, 0.3) is 54.9 Å². The van der Waals surface area contributed by atoms with Gasteiger partial charge in [-0.2, -0.15) is 0 Å². The highest BCUT2D eigenvalue weighted by Crippen LogP contribution is 2.35. The molecule has 0 spiro atoms. The summed E-state index contributed by atoms with van der Waals surface area (Å²) < 4.78 is 0. The molecule has 0 atom stereocenters. The van der Waals surface area contributed by atoms with Crippen LogP contribution in [0.3, 0.4) is 0 Å². The Morgan fingerprint density at radius 3 is 0.895 bits per heavy atom. The van der Waals surface area contributed by atoms with Gasteiger partial charge in [0, 0.05) is 0 Å². The van der Waals surface area contributed by atoms with Crippen LogP contribution >= 0.6 is 0 Å². The second kappa shape index (κ2) is 11.0. The van der Waals surface area contributed by atoms with Crippen LogP contribution in [0.2, 0.25) is 0 Å². The lowest BCUT2D eigenvalue weighted by Crippen LogP contribution is -1.85. The first-order valence-corrected chi connectivity index (χ1v) is 13.0. The van der Waals surface area contributed by atoms with E-state index in [9.17, 15) is 0 Å². The number of hydrogen-bond acceptors (Lipinski definition) is 0. The summed E-state index contributed by atoms with van der Waals surface area (Å²) in [5, 5.41) is 5.16. The van der Waals surface area contributed by atoms with Gasteiger partial charge in [-0.15, -0.1) is 0 Å². The van der Waals surface area contributed by atoms with E-state index in [0.29, 0.717) is 0 Å². The van der Waals surface area contributed by atoms with Gasteiger partial charge in [0.25, 0.3) is 0 Å². The Morgan fingerprint density at radius 1 is 0.237 bits per heavy atom. The Morgan fingerprint density at radius 2 is 0.553 bits per heavy atom. The van der Waals surface area contributed by atoms with Crippen molar-refractivity contribution in [3.63, 3.8) is 0 Å². The molecule has 0 heteroatoms. The van der Waals surface area contributed by atoms with E-state index in [1.54, 1.807) is 0 Å². The lowest BCUT2D eigenvalue weighted by molar-refractivity contribution is 1.62. The third-order valence-corrected chi connectivity index (χ3v) is 6.93. The van der Waals surface area contributed by atoms with E-state index in [1.807, 2.05) is 12.1 Å². The molecule has 0 aromatic heterocycles. The lowest BCUT2D eigenvalue weighted by Gasteiger charge is -2.12. The van der Waals surface area contributed by atoms with Gasteiger partial charge in [-0.1, -0.05) is 158 Å². The molecular formula is C38H28. The average Bonchev–Trinajstić information content (AvgIpc) is 3.01. The highest BCUT2D eigenvalue weighted by Gasteiger charge is 2.08. The second-order valence-corrected chi connectivity index (χ2v) is 9.37. The molecule has 180 valence electrons. The molecule has 0 heterocycles. The zero-order valence-corrected chi connectivity index (χ0v) is 21.2. The molecule has 0 unspecified atom stereocenters. The van der Waals surface area contributed by atoms with Crippen LogP contribution in [0.1, 0.15) is 0 Å². The van der Waals surface area contributed by atoms with Crippen molar-refractivity contribution in [3.05, 3.63) is 170 Å². The van der Waals surface area contributed by atoms with Crippen molar-refractivity contribution in [2.75, 3.05) is 0 Å². The maximum absolute atomic E-state index is 2.33. The van der Waals surface area contributed by atoms with Crippen LogP contribution in [-0.2, 0) is 0 Å². The molecule has 0 aliphatic carbocycles. The van der Waals surface area contributed by atoms with Crippen LogP contribution in [0.5, 0.6) is 0 Å². The molecule has 0 radical (unpaired) electrons. The largest absolute Gasteiger partial charge is 0.0622 e. The van der Waals surface area contributed by atoms with Crippen molar-refractivity contribution in [1.82, 2.24) is 0 Å². The van der Waals surface area contributed by atoms with Gasteiger partial charge >= 0.3 is 0 Å². The zero-order chi connectivity index (χ0) is 25.6. The van der Waals surface area contributed by atoms with Gasteiger partial charge in [-0.05, 0) is 67.1 Å². The van der Waals surface area contributed by atoms with E-state index < -0.39 is 0 Å². The van der Waals surface area contributed by atoms with Crippen molar-refractivity contribution in [3.8, 4) is 33.4 Å². The molecule has 7 aromatic rings. The first-order chi connectivity index (χ1) is 18.9. The molecule has 0 saturated heterocycles. The van der Waals surface area contributed by atoms with Gasteiger partial charge in [-0.3, -0.25) is 0 Å². The molecular weight excluding hydrogens is 456 g/mol. The van der Waals surface area contributed by atoms with E-state index in [-0.39, 0.29) is 0 Å². The molecule has 0 saturated carbocycles. The van der Waals surface area contributed by atoms with Gasteiger partial charge in [0.1, 0.15) is 0 Å². The van der Waals surface area contributed by atoms with E-state index in [0.717, 1.165) is 0 Å². The van der Waals surface area contributed by atoms with Gasteiger partial charge in [-0.25, -0.2) is 0 Å². The number of benzene rings is 7. The monoisotopic (exact) mass is 484 g/mol. The van der Waals surface area contributed by atoms with Gasteiger partial charge in [0.15, 0.2) is 0 Å². The molecule has 0 N–H and O–H groups in total. The summed E-state index contributed by atoms with van der Waals surface area (Å²) in [6, 6.07) is 59.9. The van der Waals surface area contributed by atoms with Gasteiger partial charge in [0.2, 0.25) is 0 Å². The quantitative estimate of drug-likeness (QED) is 0.219. The number of rotatable bonds is 3. The van der Waals surface area contributed by atoms with E-state index in [4.69, 9.17) is 0 Å². The predicted molar refractivity (Wildman–Crippen MR) is 164 cm³/mol. The third kappa shape index (κ3) is 4.98. The lowest BCUT2D eigenvalue weighted by atomic mass is 9.92. The van der Waals surface area contributed by atoms with Crippen LogP contribution in [0.4, 0.5) is 0 Å². The van der Waals surface area contributed by atoms with Crippen molar-refractivity contribution in [2.24, 2.45) is 0 Å². The predicted octanol–water partition coefficient (Wildman–Crippen LogP) is 10.7. The topological polar surface area (TPSA) is 0 Å². The SMILES string of the molecule is c1ccc(-c2cccc3cc4c(-c5ccccc5)cccc4cc23)cc1.c1ccc(-c2ccccc2)cc1. The Labute approximate surface area is 224 Å². The summed E-state index contributed by atoms with van der Waals surface area (Å²) >= 11 is 0. The molecule has 0 aliphatic heterocycles. The molecule has 0 nitrogen and oxygen atoms in total. The average molecular weight is 485 g/mol. The maximum atomic E-state index is 2.33. The number of fused-ring (bicyclic) bond motifs is 2. The molecule has 0 fully saturated rings. The van der Waals surface area contributed by atoms with Crippen molar-refractivity contribution in [2.45, 2.75) is 0 Å². The summed E-state index contributed by atoms with van der Waals surface area (Å²) in [6.07, 6.45) is 0. The zero-order valence-electron chi connectivity index (χ0n) is 21.2. The summed E-state index contributed by atoms with van der Waals surface area (Å²) in [6.45, 7) is 0. The normalized spacial score (nSPS) is 10.6. The Kier molecular flexibility index (Phi) is 6.78. The summed E-state index contributed by atoms with van der Waals surface area (Å²) in [4.78, 5) is 0. The van der Waals surface area contributed by atoms with Gasteiger partial charge in [0.05, 0.1) is 0 Å². The standard InChI is InChI=1S/C26H18.C12H10/c1-3-9-19(10-4-1)23-15-7-13-21-18-26-22(17-25(21)23)14-8-16-24(26)20-11-5-2-6-12-20;1-3-7-11(8-4-1)12-9-5-2-6-10-12/h1-18H;1-10H. The first kappa shape index (κ1) is 23.5. The van der Waals surface area contributed by atoms with E-state index in [2.05, 4.69) is 158 Å². The molecule has 7 rings (SSSR count). The minimum atomic E-state index is 1.26. The Hall–Kier alpha value is -4.94. The first-order valence-electron chi connectivity index (χ1n) is 13.0. The third-order valence-electron chi connectivity index (χ3n) is 6.93. The van der Waals surface area contributed by atoms with Crippen LogP contribution in [0.15, 0.2) is 170 Å². The summed E-state index contributed by atoms with van der Waals surface area (Å²) in [5.41, 5.74) is 7.65. The maximum Gasteiger partial charge on any atom is -0.00990 e. The summed E-state index contributed by atoms with van der Waals surface area (Å²) in [7, 11) is 0. The summed E-state index contributed by atoms with van der Waals surface area (Å²) in [5.74, 6) is 0. The fourth-order valence-corrected chi connectivity index (χ4v) is 5.05. The van der Waals surface area contributed by atoms with Crippen LogP contribution in [0, 0.1) is 0 Å². The smallest absolute Gasteiger partial charge is 0.00990 e. The number of hydrogen-bond donors (Lipinski definition) is 0.